The molecular weight excluding hydrogens is 612 g/mol. The summed E-state index contributed by atoms with van der Waals surface area (Å²) in [6.45, 7) is 27.0. The van der Waals surface area contributed by atoms with Crippen molar-refractivity contribution in [2.75, 3.05) is 7.05 Å². The highest BCUT2D eigenvalue weighted by Gasteiger charge is 2.12. The average Bonchev–Trinajstić information content (AvgIpc) is 3.09. The molecule has 0 saturated carbocycles. The molecule has 258 valence electrons. The minimum Gasteiger partial charge on any atom is -0.363 e. The molecule has 2 aliphatic rings. The van der Waals surface area contributed by atoms with Gasteiger partial charge in [0.15, 0.2) is 0 Å². The van der Waals surface area contributed by atoms with Crippen molar-refractivity contribution in [3.63, 3.8) is 0 Å². The molecule has 0 heterocycles. The molecule has 2 aliphatic carbocycles. The van der Waals surface area contributed by atoms with Crippen LogP contribution < -0.4 is 10.0 Å². The number of hydrogen-bond acceptors (Lipinski definition) is 3. The lowest BCUT2D eigenvalue weighted by atomic mass is 9.91. The van der Waals surface area contributed by atoms with E-state index in [9.17, 15) is 0 Å². The summed E-state index contributed by atoms with van der Waals surface area (Å²) in [5.41, 5.74) is 10.7. The van der Waals surface area contributed by atoms with Gasteiger partial charge in [-0.3, -0.25) is 4.72 Å². The summed E-state index contributed by atoms with van der Waals surface area (Å²) in [6, 6.07) is 17.1. The molecule has 0 fully saturated rings. The number of benzene rings is 2. The lowest BCUT2D eigenvalue weighted by molar-refractivity contribution is 0.547. The maximum absolute atomic E-state index is 4.99. The zero-order valence-electron chi connectivity index (χ0n) is 31.1. The van der Waals surface area contributed by atoms with Gasteiger partial charge < -0.3 is 5.32 Å². The fourth-order valence-corrected chi connectivity index (χ4v) is 4.75. The predicted molar refractivity (Wildman–Crippen MR) is 218 cm³/mol. The van der Waals surface area contributed by atoms with Crippen LogP contribution in [0, 0.1) is 25.2 Å². The van der Waals surface area contributed by atoms with Crippen molar-refractivity contribution in [2.45, 2.75) is 94.4 Å². The van der Waals surface area contributed by atoms with Crippen LogP contribution in [0.5, 0.6) is 0 Å². The Labute approximate surface area is 298 Å². The summed E-state index contributed by atoms with van der Waals surface area (Å²) in [5.74, 6) is 0.614. The van der Waals surface area contributed by atoms with E-state index in [2.05, 4.69) is 143 Å². The Morgan fingerprint density at radius 3 is 2.15 bits per heavy atom. The van der Waals surface area contributed by atoms with Crippen LogP contribution in [0.25, 0.3) is 11.6 Å². The zero-order chi connectivity index (χ0) is 35.7. The van der Waals surface area contributed by atoms with Crippen molar-refractivity contribution in [3.8, 4) is 0 Å². The largest absolute Gasteiger partial charge is 0.363 e. The van der Waals surface area contributed by atoms with E-state index in [1.54, 1.807) is 7.05 Å². The first kappa shape index (κ1) is 44.0. The first-order valence-electron chi connectivity index (χ1n) is 17.2. The van der Waals surface area contributed by atoms with Crippen LogP contribution >= 0.6 is 21.8 Å². The van der Waals surface area contributed by atoms with Gasteiger partial charge in [0.05, 0.1) is 0 Å². The molecule has 0 spiro atoms. The first-order chi connectivity index (χ1) is 22.5. The summed E-state index contributed by atoms with van der Waals surface area (Å²) in [5, 5.41) is 3.54. The van der Waals surface area contributed by atoms with Crippen LogP contribution in [0.15, 0.2) is 121 Å². The topological polar surface area (TPSA) is 24.1 Å². The van der Waals surface area contributed by atoms with Gasteiger partial charge in [0.1, 0.15) is 0 Å². The van der Waals surface area contributed by atoms with E-state index in [0.29, 0.717) is 5.92 Å². The maximum Gasteiger partial charge on any atom is 0.0275 e. The zero-order valence-corrected chi connectivity index (χ0v) is 32.6. The molecule has 0 aliphatic heterocycles. The van der Waals surface area contributed by atoms with Gasteiger partial charge in [-0.15, -0.1) is 0 Å². The Kier molecular flexibility index (Phi) is 24.4. The highest BCUT2D eigenvalue weighted by molar-refractivity contribution is 8.19. The Morgan fingerprint density at radius 2 is 1.66 bits per heavy atom. The number of halogens is 1. The fraction of sp³-hybridized carbons (Fsp3) is 0.395. The molecule has 0 bridgehead atoms. The maximum atomic E-state index is 4.99. The molecule has 0 aromatic heterocycles. The number of nitrogens with one attached hydrogen (secondary N) is 2. The SMILES string of the molecule is C=CC1=CCC(CCC(=C)NC2=CC=C(c3ccc(C)cc3C)CC2)C=C1.CC.CC.CC(C)(C)/C=C/c1ccccc1.CNSCl. The molecular formula is C43H63ClN2S. The van der Waals surface area contributed by atoms with Crippen LogP contribution in [0.2, 0.25) is 0 Å². The number of allylic oxidation sites excluding steroid dienone is 11. The molecule has 2 aromatic rings. The van der Waals surface area contributed by atoms with Gasteiger partial charge in [-0.1, -0.05) is 158 Å². The summed E-state index contributed by atoms with van der Waals surface area (Å²) >= 11 is 1.08. The van der Waals surface area contributed by atoms with E-state index in [0.717, 1.165) is 49.0 Å². The van der Waals surface area contributed by atoms with E-state index in [1.807, 2.05) is 39.8 Å². The Hall–Kier alpha value is -2.98. The molecule has 2 N–H and O–H groups in total. The molecule has 2 aromatic carbocycles. The van der Waals surface area contributed by atoms with Crippen LogP contribution in [-0.2, 0) is 0 Å². The summed E-state index contributed by atoms with van der Waals surface area (Å²) in [4.78, 5) is 0. The van der Waals surface area contributed by atoms with Crippen molar-refractivity contribution in [1.29, 1.82) is 0 Å². The van der Waals surface area contributed by atoms with Crippen molar-refractivity contribution in [1.82, 2.24) is 10.0 Å². The second-order valence-electron chi connectivity index (χ2n) is 12.1. The standard InChI is InChI=1S/C26H31N.C12H16.2C2H6.CH4ClNS/c1-5-22-9-11-23(12-10-22)8-7-21(4)27-25-15-13-24(14-16-25)26-17-6-19(2)18-20(26)3;1-12(2,3)10-9-11-7-5-4-6-8-11;2*1-2;1-3-4-2/h5-6,9-11,13,15,17-18,23,27H,1,4,7-8,12,14,16H2,2-3H3;4-10H,1-3H3;2*1-2H3;3H,1H3/b;10-9+;;;. The van der Waals surface area contributed by atoms with Crippen LogP contribution in [-0.4, -0.2) is 7.05 Å². The molecule has 0 amide bonds. The monoisotopic (exact) mass is 674 g/mol. The third-order valence-electron chi connectivity index (χ3n) is 7.14. The summed E-state index contributed by atoms with van der Waals surface area (Å²) < 4.78 is 2.61. The highest BCUT2D eigenvalue weighted by atomic mass is 35.7. The average molecular weight is 676 g/mol. The quantitative estimate of drug-likeness (QED) is 0.259. The molecule has 1 unspecified atom stereocenters. The van der Waals surface area contributed by atoms with Gasteiger partial charge in [-0.2, -0.15) is 0 Å². The summed E-state index contributed by atoms with van der Waals surface area (Å²) in [6.07, 6.45) is 23.0. The van der Waals surface area contributed by atoms with Crippen LogP contribution in [0.4, 0.5) is 0 Å². The minimum atomic E-state index is 0.274. The molecule has 0 saturated heterocycles. The normalized spacial score (nSPS) is 15.0. The van der Waals surface area contributed by atoms with Gasteiger partial charge in [0, 0.05) is 22.6 Å². The van der Waals surface area contributed by atoms with Crippen LogP contribution in [0.3, 0.4) is 0 Å². The summed E-state index contributed by atoms with van der Waals surface area (Å²) in [7, 11) is 6.75. The van der Waals surface area contributed by atoms with Gasteiger partial charge in [-0.25, -0.2) is 0 Å². The smallest absolute Gasteiger partial charge is 0.0275 e. The van der Waals surface area contributed by atoms with E-state index >= 15 is 0 Å². The molecule has 0 radical (unpaired) electrons. The van der Waals surface area contributed by atoms with Crippen molar-refractivity contribution in [3.05, 3.63) is 143 Å². The van der Waals surface area contributed by atoms with E-state index in [1.165, 1.54) is 39.1 Å². The molecule has 47 heavy (non-hydrogen) atoms. The second kappa shape index (κ2) is 26.0. The van der Waals surface area contributed by atoms with Crippen LogP contribution in [0.1, 0.15) is 103 Å². The van der Waals surface area contributed by atoms with Gasteiger partial charge in [0.2, 0.25) is 0 Å². The van der Waals surface area contributed by atoms with E-state index in [-0.39, 0.29) is 5.41 Å². The Morgan fingerprint density at radius 1 is 1.00 bits per heavy atom. The van der Waals surface area contributed by atoms with Crippen molar-refractivity contribution < 1.29 is 0 Å². The predicted octanol–water partition coefficient (Wildman–Crippen LogP) is 13.7. The third kappa shape index (κ3) is 20.1. The molecule has 1 atom stereocenters. The second-order valence-corrected chi connectivity index (χ2v) is 13.1. The molecule has 4 heteroatoms. The molecule has 4 rings (SSSR count). The lowest BCUT2D eigenvalue weighted by Crippen LogP contribution is -2.14. The van der Waals surface area contributed by atoms with Crippen molar-refractivity contribution in [2.24, 2.45) is 11.3 Å². The van der Waals surface area contributed by atoms with Gasteiger partial charge >= 0.3 is 0 Å². The lowest BCUT2D eigenvalue weighted by Gasteiger charge is -2.20. The van der Waals surface area contributed by atoms with Gasteiger partial charge in [-0.05, 0) is 109 Å². The van der Waals surface area contributed by atoms with Gasteiger partial charge in [0.25, 0.3) is 0 Å². The number of aryl methyl sites for hydroxylation is 2. The van der Waals surface area contributed by atoms with E-state index in [4.69, 9.17) is 10.7 Å². The van der Waals surface area contributed by atoms with E-state index < -0.39 is 0 Å². The Balaban J connectivity index is 0.000000877. The first-order valence-corrected chi connectivity index (χ1v) is 18.8. The highest BCUT2D eigenvalue weighted by Crippen LogP contribution is 2.29. The third-order valence-corrected chi connectivity index (χ3v) is 7.75. The molecule has 2 nitrogen and oxygen atoms in total. The number of rotatable bonds is 9. The Bertz CT molecular complexity index is 1320. The van der Waals surface area contributed by atoms with Crippen molar-refractivity contribution >= 4 is 33.5 Å². The minimum absolute atomic E-state index is 0.274. The number of hydrogen-bond donors (Lipinski definition) is 2. The fourth-order valence-electron chi connectivity index (χ4n) is 4.75.